The normalized spacial score (nSPS) is 21.1. The van der Waals surface area contributed by atoms with Gasteiger partial charge in [-0.2, -0.15) is 0 Å². The molecule has 1 saturated heterocycles. The number of hydrazine groups is 1. The minimum atomic E-state index is 0.344. The van der Waals surface area contributed by atoms with E-state index in [0.717, 1.165) is 36.1 Å². The summed E-state index contributed by atoms with van der Waals surface area (Å²) in [5, 5.41) is 2.97. The third-order valence-corrected chi connectivity index (χ3v) is 5.90. The third kappa shape index (κ3) is 4.06. The average molecular weight is 383 g/mol. The van der Waals surface area contributed by atoms with Crippen LogP contribution in [0.4, 0.5) is 5.69 Å². The smallest absolute Gasteiger partial charge is 0.184 e. The van der Waals surface area contributed by atoms with Gasteiger partial charge in [0, 0.05) is 35.5 Å². The molecule has 4 rings (SSSR count). The maximum Gasteiger partial charge on any atom is 0.184 e. The highest BCUT2D eigenvalue weighted by Gasteiger charge is 2.21. The van der Waals surface area contributed by atoms with Crippen LogP contribution in [0, 0.1) is 20.8 Å². The van der Waals surface area contributed by atoms with E-state index in [4.69, 9.17) is 4.74 Å². The quantitative estimate of drug-likeness (QED) is 0.822. The summed E-state index contributed by atoms with van der Waals surface area (Å²) >= 11 is 1.60. The number of aromatic nitrogens is 1. The number of nitrogens with one attached hydrogen (secondary N) is 2. The monoisotopic (exact) mass is 382 g/mol. The summed E-state index contributed by atoms with van der Waals surface area (Å²) in [5.74, 6) is 0. The maximum atomic E-state index is 5.82. The second-order valence-electron chi connectivity index (χ2n) is 7.18. The first-order chi connectivity index (χ1) is 13.1. The summed E-state index contributed by atoms with van der Waals surface area (Å²) in [5.41, 5.74) is 13.5. The highest BCUT2D eigenvalue weighted by Crippen LogP contribution is 2.27. The summed E-state index contributed by atoms with van der Waals surface area (Å²) < 4.78 is 8.19. The Morgan fingerprint density at radius 2 is 2.00 bits per heavy atom. The van der Waals surface area contributed by atoms with Crippen molar-refractivity contribution in [3.63, 3.8) is 0 Å². The molecule has 0 saturated carbocycles. The summed E-state index contributed by atoms with van der Waals surface area (Å²) in [7, 11) is 0. The molecule has 0 spiro atoms. The van der Waals surface area contributed by atoms with E-state index in [1.165, 1.54) is 28.9 Å². The summed E-state index contributed by atoms with van der Waals surface area (Å²) in [6.07, 6.45) is 2.67. The number of amidine groups is 1. The topological polar surface area (TPSA) is 50.6 Å². The Bertz CT molecular complexity index is 876. The standard InChI is InChI=1S/C21H26N4OS/c1-14-6-8-17(9-7-14)22-21-24-23-20(13-27-21)19-11-15(2)25(16(19)3)12-18-5-4-10-26-18/h6-9,11,13,18,23H,4-5,10,12H2,1-3H3,(H,22,24)/t18-/m1/s1. The SMILES string of the molecule is Cc1ccc(N=C2NNC(c3cc(C)n(C[C@H]4CCCO4)c3C)=CS2)cc1. The second-order valence-corrected chi connectivity index (χ2v) is 8.04. The van der Waals surface area contributed by atoms with Crippen LogP contribution in [-0.2, 0) is 11.3 Å². The van der Waals surface area contributed by atoms with E-state index in [1.54, 1.807) is 11.8 Å². The molecule has 1 fully saturated rings. The number of ether oxygens (including phenoxy) is 1. The van der Waals surface area contributed by atoms with Gasteiger partial charge in [0.15, 0.2) is 5.17 Å². The van der Waals surface area contributed by atoms with E-state index in [0.29, 0.717) is 6.10 Å². The van der Waals surface area contributed by atoms with Gasteiger partial charge in [0.1, 0.15) is 0 Å². The largest absolute Gasteiger partial charge is 0.376 e. The van der Waals surface area contributed by atoms with Gasteiger partial charge in [-0.3, -0.25) is 10.9 Å². The first-order valence-corrected chi connectivity index (χ1v) is 10.3. The summed E-state index contributed by atoms with van der Waals surface area (Å²) in [4.78, 5) is 4.64. The Morgan fingerprint density at radius 3 is 2.67 bits per heavy atom. The van der Waals surface area contributed by atoms with Gasteiger partial charge in [-0.05, 0) is 51.8 Å². The molecule has 0 unspecified atom stereocenters. The molecule has 1 aromatic heterocycles. The maximum absolute atomic E-state index is 5.82. The lowest BCUT2D eigenvalue weighted by Crippen LogP contribution is -2.36. The third-order valence-electron chi connectivity index (χ3n) is 5.13. The molecule has 2 aliphatic heterocycles. The van der Waals surface area contributed by atoms with Gasteiger partial charge in [0.05, 0.1) is 17.5 Å². The zero-order valence-electron chi connectivity index (χ0n) is 16.1. The fraction of sp³-hybridized carbons (Fsp3) is 0.381. The van der Waals surface area contributed by atoms with E-state index in [-0.39, 0.29) is 0 Å². The number of thioether (sulfide) groups is 1. The van der Waals surface area contributed by atoms with Crippen molar-refractivity contribution in [3.8, 4) is 0 Å². The van der Waals surface area contributed by atoms with Crippen LogP contribution in [0.25, 0.3) is 5.70 Å². The number of hydrogen-bond acceptors (Lipinski definition) is 4. The first-order valence-electron chi connectivity index (χ1n) is 9.43. The van der Waals surface area contributed by atoms with Crippen molar-refractivity contribution >= 4 is 28.3 Å². The predicted octanol–water partition coefficient (Wildman–Crippen LogP) is 4.42. The average Bonchev–Trinajstić information content (AvgIpc) is 3.28. The van der Waals surface area contributed by atoms with E-state index < -0.39 is 0 Å². The highest BCUT2D eigenvalue weighted by atomic mass is 32.2. The van der Waals surface area contributed by atoms with Crippen LogP contribution in [0.5, 0.6) is 0 Å². The van der Waals surface area contributed by atoms with Gasteiger partial charge < -0.3 is 9.30 Å². The zero-order chi connectivity index (χ0) is 18.8. The number of aliphatic imine (C=N–C) groups is 1. The molecule has 27 heavy (non-hydrogen) atoms. The second kappa shape index (κ2) is 7.82. The minimum Gasteiger partial charge on any atom is -0.376 e. The van der Waals surface area contributed by atoms with Gasteiger partial charge in [0.25, 0.3) is 0 Å². The lowest BCUT2D eigenvalue weighted by Gasteiger charge is -2.19. The fourth-order valence-corrected chi connectivity index (χ4v) is 4.25. The van der Waals surface area contributed by atoms with Crippen molar-refractivity contribution in [2.45, 2.75) is 46.3 Å². The van der Waals surface area contributed by atoms with Crippen LogP contribution in [0.2, 0.25) is 0 Å². The van der Waals surface area contributed by atoms with Crippen molar-refractivity contribution in [1.29, 1.82) is 0 Å². The molecule has 1 atom stereocenters. The molecule has 5 nitrogen and oxygen atoms in total. The number of nitrogens with zero attached hydrogens (tertiary/aromatic N) is 2. The molecule has 2 aromatic rings. The van der Waals surface area contributed by atoms with E-state index >= 15 is 0 Å². The van der Waals surface area contributed by atoms with Crippen LogP contribution in [-0.4, -0.2) is 22.4 Å². The van der Waals surface area contributed by atoms with Crippen LogP contribution in [0.3, 0.4) is 0 Å². The van der Waals surface area contributed by atoms with Crippen molar-refractivity contribution in [2.75, 3.05) is 6.61 Å². The van der Waals surface area contributed by atoms with Crippen LogP contribution >= 0.6 is 11.8 Å². The summed E-state index contributed by atoms with van der Waals surface area (Å²) in [6, 6.07) is 10.5. The Labute approximate surface area is 164 Å². The van der Waals surface area contributed by atoms with Gasteiger partial charge >= 0.3 is 0 Å². The van der Waals surface area contributed by atoms with Crippen LogP contribution in [0.15, 0.2) is 40.7 Å². The van der Waals surface area contributed by atoms with Crippen molar-refractivity contribution in [3.05, 3.63) is 58.3 Å². The van der Waals surface area contributed by atoms with E-state index in [9.17, 15) is 0 Å². The van der Waals surface area contributed by atoms with Crippen LogP contribution in [0.1, 0.15) is 35.4 Å². The minimum absolute atomic E-state index is 0.344. The molecule has 2 N–H and O–H groups in total. The molecule has 0 radical (unpaired) electrons. The zero-order valence-corrected chi connectivity index (χ0v) is 16.9. The Kier molecular flexibility index (Phi) is 5.27. The van der Waals surface area contributed by atoms with Gasteiger partial charge in [0.2, 0.25) is 0 Å². The number of aryl methyl sites for hydroxylation is 2. The molecule has 3 heterocycles. The van der Waals surface area contributed by atoms with E-state index in [1.807, 2.05) is 12.1 Å². The molecular formula is C21H26N4OS. The molecule has 0 bridgehead atoms. The van der Waals surface area contributed by atoms with Crippen LogP contribution < -0.4 is 10.9 Å². The molecule has 6 heteroatoms. The van der Waals surface area contributed by atoms with Crippen molar-refractivity contribution in [1.82, 2.24) is 15.4 Å². The number of benzene rings is 1. The lowest BCUT2D eigenvalue weighted by atomic mass is 10.2. The molecule has 0 amide bonds. The highest BCUT2D eigenvalue weighted by molar-refractivity contribution is 8.16. The van der Waals surface area contributed by atoms with Gasteiger partial charge in [-0.25, -0.2) is 4.99 Å². The Hall–Kier alpha value is -2.18. The Morgan fingerprint density at radius 1 is 1.19 bits per heavy atom. The molecule has 1 aromatic carbocycles. The molecule has 0 aliphatic carbocycles. The first kappa shape index (κ1) is 18.2. The van der Waals surface area contributed by atoms with Gasteiger partial charge in [-0.1, -0.05) is 29.5 Å². The number of hydrogen-bond donors (Lipinski definition) is 2. The molecule has 142 valence electrons. The Balaban J connectivity index is 1.49. The molecular weight excluding hydrogens is 356 g/mol. The fourth-order valence-electron chi connectivity index (χ4n) is 3.56. The van der Waals surface area contributed by atoms with Crippen molar-refractivity contribution < 1.29 is 4.74 Å². The number of rotatable bonds is 4. The van der Waals surface area contributed by atoms with Gasteiger partial charge in [-0.15, -0.1) is 0 Å². The lowest BCUT2D eigenvalue weighted by molar-refractivity contribution is 0.0962. The molecule has 2 aliphatic rings. The van der Waals surface area contributed by atoms with Crippen molar-refractivity contribution in [2.24, 2.45) is 4.99 Å². The van der Waals surface area contributed by atoms with E-state index in [2.05, 4.69) is 64.8 Å². The predicted molar refractivity (Wildman–Crippen MR) is 113 cm³/mol. The summed E-state index contributed by atoms with van der Waals surface area (Å²) in [6.45, 7) is 8.26.